The largest absolute Gasteiger partial charge is 0.319 e. The van der Waals surface area contributed by atoms with Crippen LogP contribution in [0.5, 0.6) is 0 Å². The molecule has 0 saturated carbocycles. The SMILES string of the molecule is CCCc1nc2ccccn2c1C(=O)Nc1cccc2cccnc12. The summed E-state index contributed by atoms with van der Waals surface area (Å²) in [6, 6.07) is 15.4. The lowest BCUT2D eigenvalue weighted by atomic mass is 10.1. The zero-order chi connectivity index (χ0) is 17.2. The fourth-order valence-electron chi connectivity index (χ4n) is 3.08. The van der Waals surface area contributed by atoms with Crippen LogP contribution in [0.25, 0.3) is 16.6 Å². The number of para-hydroxylation sites is 1. The van der Waals surface area contributed by atoms with E-state index in [1.807, 2.05) is 59.1 Å². The molecule has 0 spiro atoms. The van der Waals surface area contributed by atoms with Crippen molar-refractivity contribution in [3.05, 3.63) is 72.3 Å². The number of imidazole rings is 1. The summed E-state index contributed by atoms with van der Waals surface area (Å²) in [5, 5.41) is 4.01. The lowest BCUT2D eigenvalue weighted by Gasteiger charge is -2.09. The van der Waals surface area contributed by atoms with Crippen molar-refractivity contribution in [2.75, 3.05) is 5.32 Å². The molecule has 0 aliphatic carbocycles. The average Bonchev–Trinajstić information content (AvgIpc) is 3.00. The summed E-state index contributed by atoms with van der Waals surface area (Å²) in [7, 11) is 0. The van der Waals surface area contributed by atoms with Crippen LogP contribution < -0.4 is 5.32 Å². The van der Waals surface area contributed by atoms with Crippen LogP contribution in [0, 0.1) is 0 Å². The molecule has 1 N–H and O–H groups in total. The molecule has 25 heavy (non-hydrogen) atoms. The molecule has 4 aromatic rings. The molecule has 0 aliphatic heterocycles. The summed E-state index contributed by atoms with van der Waals surface area (Å²) in [6.45, 7) is 2.08. The van der Waals surface area contributed by atoms with Gasteiger partial charge in [0.05, 0.1) is 16.9 Å². The topological polar surface area (TPSA) is 59.3 Å². The standard InChI is InChI=1S/C20H18N4O/c1-2-7-16-19(24-13-4-3-11-17(24)22-16)20(25)23-15-10-5-8-14-9-6-12-21-18(14)15/h3-6,8-13H,2,7H2,1H3,(H,23,25). The number of fused-ring (bicyclic) bond motifs is 2. The maximum Gasteiger partial charge on any atom is 0.274 e. The third kappa shape index (κ3) is 2.74. The molecule has 1 aromatic carbocycles. The van der Waals surface area contributed by atoms with Gasteiger partial charge in [0.15, 0.2) is 0 Å². The highest BCUT2D eigenvalue weighted by molar-refractivity contribution is 6.08. The second kappa shape index (κ2) is 6.36. The Bertz CT molecular complexity index is 1060. The van der Waals surface area contributed by atoms with Gasteiger partial charge >= 0.3 is 0 Å². The van der Waals surface area contributed by atoms with Crippen LogP contribution in [0.3, 0.4) is 0 Å². The van der Waals surface area contributed by atoms with E-state index in [2.05, 4.69) is 22.2 Å². The van der Waals surface area contributed by atoms with Crippen LogP contribution in [0.4, 0.5) is 5.69 Å². The first-order valence-electron chi connectivity index (χ1n) is 8.39. The minimum atomic E-state index is -0.166. The second-order valence-corrected chi connectivity index (χ2v) is 5.92. The number of aryl methyl sites for hydroxylation is 1. The predicted molar refractivity (Wildman–Crippen MR) is 98.9 cm³/mol. The molecule has 0 saturated heterocycles. The number of nitrogens with one attached hydrogen (secondary N) is 1. The molecule has 0 fully saturated rings. The maximum atomic E-state index is 13.0. The number of benzene rings is 1. The van der Waals surface area contributed by atoms with Gasteiger partial charge in [0.2, 0.25) is 0 Å². The Hall–Kier alpha value is -3.21. The van der Waals surface area contributed by atoms with Crippen molar-refractivity contribution in [3.8, 4) is 0 Å². The van der Waals surface area contributed by atoms with Gasteiger partial charge in [-0.15, -0.1) is 0 Å². The Morgan fingerprint density at radius 3 is 2.88 bits per heavy atom. The van der Waals surface area contributed by atoms with E-state index in [9.17, 15) is 4.79 Å². The Morgan fingerprint density at radius 1 is 1.12 bits per heavy atom. The van der Waals surface area contributed by atoms with Gasteiger partial charge in [0.25, 0.3) is 5.91 Å². The molecule has 0 unspecified atom stereocenters. The highest BCUT2D eigenvalue weighted by Gasteiger charge is 2.19. The molecule has 5 heteroatoms. The molecule has 0 aliphatic rings. The molecule has 124 valence electrons. The number of hydrogen-bond donors (Lipinski definition) is 1. The first-order chi connectivity index (χ1) is 12.3. The molecular weight excluding hydrogens is 312 g/mol. The lowest BCUT2D eigenvalue weighted by molar-refractivity contribution is 0.102. The molecular formula is C20H18N4O. The summed E-state index contributed by atoms with van der Waals surface area (Å²) in [5.41, 5.74) is 3.68. The van der Waals surface area contributed by atoms with Crippen molar-refractivity contribution in [2.45, 2.75) is 19.8 Å². The highest BCUT2D eigenvalue weighted by Crippen LogP contribution is 2.22. The van der Waals surface area contributed by atoms with Crippen LogP contribution in [0.2, 0.25) is 0 Å². The van der Waals surface area contributed by atoms with E-state index >= 15 is 0 Å². The van der Waals surface area contributed by atoms with Gasteiger partial charge in [-0.05, 0) is 30.7 Å². The third-order valence-corrected chi connectivity index (χ3v) is 4.18. The van der Waals surface area contributed by atoms with E-state index in [1.54, 1.807) is 6.20 Å². The van der Waals surface area contributed by atoms with Crippen molar-refractivity contribution >= 4 is 28.1 Å². The van der Waals surface area contributed by atoms with Gasteiger partial charge in [0.1, 0.15) is 11.3 Å². The molecule has 3 aromatic heterocycles. The smallest absolute Gasteiger partial charge is 0.274 e. The third-order valence-electron chi connectivity index (χ3n) is 4.18. The van der Waals surface area contributed by atoms with Crippen molar-refractivity contribution in [1.82, 2.24) is 14.4 Å². The van der Waals surface area contributed by atoms with Crippen molar-refractivity contribution in [1.29, 1.82) is 0 Å². The van der Waals surface area contributed by atoms with Gasteiger partial charge in [-0.25, -0.2) is 4.98 Å². The average molecular weight is 330 g/mol. The summed E-state index contributed by atoms with van der Waals surface area (Å²) in [4.78, 5) is 22.0. The number of rotatable bonds is 4. The van der Waals surface area contributed by atoms with Crippen molar-refractivity contribution in [2.24, 2.45) is 0 Å². The maximum absolute atomic E-state index is 13.0. The quantitative estimate of drug-likeness (QED) is 0.613. The van der Waals surface area contributed by atoms with Gasteiger partial charge < -0.3 is 5.32 Å². The number of anilines is 1. The lowest BCUT2D eigenvalue weighted by Crippen LogP contribution is -2.16. The molecule has 0 radical (unpaired) electrons. The van der Waals surface area contributed by atoms with Gasteiger partial charge in [-0.2, -0.15) is 0 Å². The fraction of sp³-hybridized carbons (Fsp3) is 0.150. The molecule has 1 amide bonds. The van der Waals surface area contributed by atoms with Crippen LogP contribution in [0.15, 0.2) is 60.9 Å². The number of nitrogens with zero attached hydrogens (tertiary/aromatic N) is 3. The van der Waals surface area contributed by atoms with Gasteiger partial charge in [-0.1, -0.05) is 37.6 Å². The summed E-state index contributed by atoms with van der Waals surface area (Å²) >= 11 is 0. The van der Waals surface area contributed by atoms with E-state index in [0.717, 1.165) is 35.1 Å². The van der Waals surface area contributed by atoms with E-state index in [1.165, 1.54) is 0 Å². The summed E-state index contributed by atoms with van der Waals surface area (Å²) in [5.74, 6) is -0.166. The number of amides is 1. The molecule has 4 rings (SSSR count). The zero-order valence-electron chi connectivity index (χ0n) is 13.9. The number of aromatic nitrogens is 3. The Labute approximate surface area is 145 Å². The van der Waals surface area contributed by atoms with Crippen molar-refractivity contribution < 1.29 is 4.79 Å². The van der Waals surface area contributed by atoms with Crippen molar-refractivity contribution in [3.63, 3.8) is 0 Å². The molecule has 0 bridgehead atoms. The number of hydrogen-bond acceptors (Lipinski definition) is 3. The Balaban J connectivity index is 1.78. The molecule has 5 nitrogen and oxygen atoms in total. The van der Waals surface area contributed by atoms with Crippen LogP contribution in [0.1, 0.15) is 29.5 Å². The monoisotopic (exact) mass is 330 g/mol. The minimum absolute atomic E-state index is 0.166. The van der Waals surface area contributed by atoms with Gasteiger partial charge in [0, 0.05) is 17.8 Å². The van der Waals surface area contributed by atoms with Crippen LogP contribution in [-0.4, -0.2) is 20.3 Å². The first kappa shape index (κ1) is 15.3. The van der Waals surface area contributed by atoms with Crippen LogP contribution in [-0.2, 0) is 6.42 Å². The molecule has 3 heterocycles. The fourth-order valence-corrected chi connectivity index (χ4v) is 3.08. The van der Waals surface area contributed by atoms with E-state index < -0.39 is 0 Å². The second-order valence-electron chi connectivity index (χ2n) is 5.92. The molecule has 0 atom stereocenters. The number of pyridine rings is 2. The van der Waals surface area contributed by atoms with Crippen LogP contribution >= 0.6 is 0 Å². The normalized spacial score (nSPS) is 11.1. The Morgan fingerprint density at radius 2 is 2.00 bits per heavy atom. The minimum Gasteiger partial charge on any atom is -0.319 e. The Kier molecular flexibility index (Phi) is 3.90. The highest BCUT2D eigenvalue weighted by atomic mass is 16.2. The first-order valence-corrected chi connectivity index (χ1v) is 8.39. The van der Waals surface area contributed by atoms with E-state index in [-0.39, 0.29) is 5.91 Å². The van der Waals surface area contributed by atoms with Gasteiger partial charge in [-0.3, -0.25) is 14.2 Å². The van der Waals surface area contributed by atoms with E-state index in [4.69, 9.17) is 0 Å². The predicted octanol–water partition coefficient (Wildman–Crippen LogP) is 4.09. The number of carbonyl (C=O) groups is 1. The van der Waals surface area contributed by atoms with E-state index in [0.29, 0.717) is 11.4 Å². The summed E-state index contributed by atoms with van der Waals surface area (Å²) in [6.07, 6.45) is 5.30. The number of carbonyl (C=O) groups excluding carboxylic acids is 1. The zero-order valence-corrected chi connectivity index (χ0v) is 13.9. The summed E-state index contributed by atoms with van der Waals surface area (Å²) < 4.78 is 1.85.